The Labute approximate surface area is 129 Å². The van der Waals surface area contributed by atoms with Crippen LogP contribution in [-0.2, 0) is 0 Å². The van der Waals surface area contributed by atoms with Crippen molar-refractivity contribution in [1.29, 1.82) is 0 Å². The topological polar surface area (TPSA) is 59.9 Å². The highest BCUT2D eigenvalue weighted by Gasteiger charge is 2.07. The zero-order chi connectivity index (χ0) is 15.9. The van der Waals surface area contributed by atoms with E-state index in [-0.39, 0.29) is 5.91 Å². The number of methoxy groups -OCH3 is 2. The Balaban J connectivity index is 2.10. The number of rotatable bonds is 5. The molecule has 5 heteroatoms. The standard InChI is InChI=1S/C17H18N2O3/c1-12-6-4-5-7-15(12)17(20)19-18-11-13-8-9-14(21-2)10-16(13)22-3/h4-11H,1-3H3,(H,19,20)/b18-11+. The molecule has 2 rings (SSSR count). The van der Waals surface area contributed by atoms with E-state index in [1.54, 1.807) is 38.5 Å². The van der Waals surface area contributed by atoms with Crippen LogP contribution in [0.1, 0.15) is 21.5 Å². The summed E-state index contributed by atoms with van der Waals surface area (Å²) in [7, 11) is 3.16. The Bertz CT molecular complexity index is 696. The monoisotopic (exact) mass is 298 g/mol. The third-order valence-corrected chi connectivity index (χ3v) is 3.20. The first kappa shape index (κ1) is 15.6. The second-order valence-corrected chi connectivity index (χ2v) is 4.62. The van der Waals surface area contributed by atoms with E-state index in [1.807, 2.05) is 25.1 Å². The van der Waals surface area contributed by atoms with Gasteiger partial charge in [-0.05, 0) is 30.7 Å². The van der Waals surface area contributed by atoms with Gasteiger partial charge in [0.15, 0.2) is 0 Å². The van der Waals surface area contributed by atoms with Gasteiger partial charge in [-0.3, -0.25) is 4.79 Å². The summed E-state index contributed by atoms with van der Waals surface area (Å²) in [4.78, 5) is 12.0. The van der Waals surface area contributed by atoms with Crippen molar-refractivity contribution in [3.05, 3.63) is 59.2 Å². The Morgan fingerprint density at radius 3 is 2.59 bits per heavy atom. The lowest BCUT2D eigenvalue weighted by Crippen LogP contribution is -2.18. The molecule has 22 heavy (non-hydrogen) atoms. The smallest absolute Gasteiger partial charge is 0.271 e. The lowest BCUT2D eigenvalue weighted by atomic mass is 10.1. The van der Waals surface area contributed by atoms with Crippen LogP contribution in [0, 0.1) is 6.92 Å². The normalized spacial score (nSPS) is 10.5. The molecular formula is C17H18N2O3. The van der Waals surface area contributed by atoms with Gasteiger partial charge in [-0.25, -0.2) is 5.43 Å². The van der Waals surface area contributed by atoms with Gasteiger partial charge in [-0.1, -0.05) is 18.2 Å². The van der Waals surface area contributed by atoms with Crippen molar-refractivity contribution < 1.29 is 14.3 Å². The van der Waals surface area contributed by atoms with Crippen molar-refractivity contribution in [3.8, 4) is 11.5 Å². The summed E-state index contributed by atoms with van der Waals surface area (Å²) in [5, 5.41) is 3.98. The maximum atomic E-state index is 12.0. The van der Waals surface area contributed by atoms with E-state index in [2.05, 4.69) is 10.5 Å². The third-order valence-electron chi connectivity index (χ3n) is 3.20. The first-order valence-corrected chi connectivity index (χ1v) is 6.76. The molecule has 0 saturated carbocycles. The van der Waals surface area contributed by atoms with E-state index in [1.165, 1.54) is 6.21 Å². The van der Waals surface area contributed by atoms with E-state index in [0.717, 1.165) is 11.1 Å². The summed E-state index contributed by atoms with van der Waals surface area (Å²) in [5.41, 5.74) is 4.75. The van der Waals surface area contributed by atoms with Gasteiger partial charge in [-0.15, -0.1) is 0 Å². The molecule has 0 atom stereocenters. The highest BCUT2D eigenvalue weighted by Crippen LogP contribution is 2.22. The third kappa shape index (κ3) is 3.63. The molecule has 0 unspecified atom stereocenters. The molecule has 0 fully saturated rings. The van der Waals surface area contributed by atoms with Gasteiger partial charge in [-0.2, -0.15) is 5.10 Å². The molecule has 1 amide bonds. The number of amides is 1. The minimum Gasteiger partial charge on any atom is -0.497 e. The molecule has 0 aliphatic rings. The molecule has 2 aromatic carbocycles. The van der Waals surface area contributed by atoms with Gasteiger partial charge in [0.1, 0.15) is 11.5 Å². The van der Waals surface area contributed by atoms with E-state index in [0.29, 0.717) is 17.1 Å². The molecule has 2 aromatic rings. The maximum absolute atomic E-state index is 12.0. The fraction of sp³-hybridized carbons (Fsp3) is 0.176. The lowest BCUT2D eigenvalue weighted by Gasteiger charge is -2.07. The molecule has 1 N–H and O–H groups in total. The molecule has 0 saturated heterocycles. The van der Waals surface area contributed by atoms with Crippen molar-refractivity contribution in [2.45, 2.75) is 6.92 Å². The van der Waals surface area contributed by atoms with Gasteiger partial charge in [0.2, 0.25) is 0 Å². The molecule has 0 heterocycles. The number of hydrogen-bond acceptors (Lipinski definition) is 4. The zero-order valence-electron chi connectivity index (χ0n) is 12.8. The van der Waals surface area contributed by atoms with Gasteiger partial charge >= 0.3 is 0 Å². The lowest BCUT2D eigenvalue weighted by molar-refractivity contribution is 0.0954. The molecule has 0 aliphatic heterocycles. The highest BCUT2D eigenvalue weighted by molar-refractivity contribution is 5.96. The van der Waals surface area contributed by atoms with Crippen molar-refractivity contribution in [3.63, 3.8) is 0 Å². The minimum atomic E-state index is -0.248. The van der Waals surface area contributed by atoms with Crippen LogP contribution < -0.4 is 14.9 Å². The Hall–Kier alpha value is -2.82. The van der Waals surface area contributed by atoms with Crippen LogP contribution in [0.3, 0.4) is 0 Å². The van der Waals surface area contributed by atoms with Crippen LogP contribution in [0.2, 0.25) is 0 Å². The average Bonchev–Trinajstić information content (AvgIpc) is 2.55. The van der Waals surface area contributed by atoms with Crippen molar-refractivity contribution in [2.75, 3.05) is 14.2 Å². The molecule has 0 aromatic heterocycles. The predicted octanol–water partition coefficient (Wildman–Crippen LogP) is 2.78. The number of hydrazone groups is 1. The number of carbonyl (C=O) groups is 1. The largest absolute Gasteiger partial charge is 0.497 e. The Morgan fingerprint density at radius 2 is 1.91 bits per heavy atom. The summed E-state index contributed by atoms with van der Waals surface area (Å²) in [6.07, 6.45) is 1.54. The number of ether oxygens (including phenoxy) is 2. The SMILES string of the molecule is COc1ccc(/C=N/NC(=O)c2ccccc2C)c(OC)c1. The van der Waals surface area contributed by atoms with Crippen LogP contribution in [0.4, 0.5) is 0 Å². The molecule has 0 spiro atoms. The van der Waals surface area contributed by atoms with Crippen molar-refractivity contribution in [1.82, 2.24) is 5.43 Å². The molecule has 114 valence electrons. The van der Waals surface area contributed by atoms with E-state index >= 15 is 0 Å². The fourth-order valence-corrected chi connectivity index (χ4v) is 1.97. The maximum Gasteiger partial charge on any atom is 0.271 e. The number of aryl methyl sites for hydroxylation is 1. The second-order valence-electron chi connectivity index (χ2n) is 4.62. The first-order valence-electron chi connectivity index (χ1n) is 6.76. The fourth-order valence-electron chi connectivity index (χ4n) is 1.97. The Kier molecular flexibility index (Phi) is 5.14. The van der Waals surface area contributed by atoms with Gasteiger partial charge < -0.3 is 9.47 Å². The van der Waals surface area contributed by atoms with Crippen LogP contribution in [-0.4, -0.2) is 26.3 Å². The summed E-state index contributed by atoms with van der Waals surface area (Å²) < 4.78 is 10.4. The van der Waals surface area contributed by atoms with Gasteiger partial charge in [0.05, 0.1) is 20.4 Å². The average molecular weight is 298 g/mol. The molecule has 0 bridgehead atoms. The summed E-state index contributed by atoms with van der Waals surface area (Å²) in [5.74, 6) is 1.06. The zero-order valence-corrected chi connectivity index (χ0v) is 12.8. The highest BCUT2D eigenvalue weighted by atomic mass is 16.5. The first-order chi connectivity index (χ1) is 10.7. The van der Waals surface area contributed by atoms with Crippen LogP contribution in [0.25, 0.3) is 0 Å². The summed E-state index contributed by atoms with van der Waals surface area (Å²) in [6, 6.07) is 12.7. The van der Waals surface area contributed by atoms with E-state index in [4.69, 9.17) is 9.47 Å². The summed E-state index contributed by atoms with van der Waals surface area (Å²) >= 11 is 0. The summed E-state index contributed by atoms with van der Waals surface area (Å²) in [6.45, 7) is 1.88. The molecule has 5 nitrogen and oxygen atoms in total. The van der Waals surface area contributed by atoms with Crippen molar-refractivity contribution >= 4 is 12.1 Å². The molecular weight excluding hydrogens is 280 g/mol. The van der Waals surface area contributed by atoms with Crippen LogP contribution >= 0.6 is 0 Å². The molecule has 0 aliphatic carbocycles. The van der Waals surface area contributed by atoms with Crippen LogP contribution in [0.5, 0.6) is 11.5 Å². The number of nitrogens with zero attached hydrogens (tertiary/aromatic N) is 1. The van der Waals surface area contributed by atoms with E-state index < -0.39 is 0 Å². The Morgan fingerprint density at radius 1 is 1.14 bits per heavy atom. The van der Waals surface area contributed by atoms with Crippen molar-refractivity contribution in [2.24, 2.45) is 5.10 Å². The quantitative estimate of drug-likeness (QED) is 0.682. The number of hydrogen-bond donors (Lipinski definition) is 1. The molecule has 0 radical (unpaired) electrons. The number of carbonyl (C=O) groups excluding carboxylic acids is 1. The van der Waals surface area contributed by atoms with Gasteiger partial charge in [0, 0.05) is 17.2 Å². The second kappa shape index (κ2) is 7.26. The van der Waals surface area contributed by atoms with Crippen LogP contribution in [0.15, 0.2) is 47.6 Å². The number of nitrogens with one attached hydrogen (secondary N) is 1. The van der Waals surface area contributed by atoms with E-state index in [9.17, 15) is 4.79 Å². The predicted molar refractivity (Wildman–Crippen MR) is 85.8 cm³/mol. The van der Waals surface area contributed by atoms with Gasteiger partial charge in [0.25, 0.3) is 5.91 Å². The minimum absolute atomic E-state index is 0.248. The number of benzene rings is 2.